The van der Waals surface area contributed by atoms with Crippen molar-refractivity contribution in [1.29, 1.82) is 0 Å². The smallest absolute Gasteiger partial charge is 0.227 e. The van der Waals surface area contributed by atoms with E-state index in [4.69, 9.17) is 22.1 Å². The fourth-order valence-electron chi connectivity index (χ4n) is 4.33. The molecule has 1 amide bonds. The SMILES string of the molecule is COc1cc(N)c(Cl)cc1NC(=O)C1CC2CCC(C1)N2CCC(C)C. The summed E-state index contributed by atoms with van der Waals surface area (Å²) in [6.45, 7) is 5.70. The Morgan fingerprint density at radius 2 is 2.00 bits per heavy atom. The van der Waals surface area contributed by atoms with Crippen molar-refractivity contribution in [3.8, 4) is 5.75 Å². The highest BCUT2D eigenvalue weighted by molar-refractivity contribution is 6.33. The molecule has 2 fully saturated rings. The lowest BCUT2D eigenvalue weighted by Gasteiger charge is -2.38. The van der Waals surface area contributed by atoms with E-state index in [-0.39, 0.29) is 11.8 Å². The molecule has 2 aliphatic rings. The standard InChI is InChI=1S/C20H30ClN3O2/c1-12(2)6-7-24-14-4-5-15(24)9-13(8-14)20(25)23-18-10-16(21)17(22)11-19(18)26-3/h10-15H,4-9,22H2,1-3H3,(H,23,25). The second-order valence-corrected chi connectivity index (χ2v) is 8.44. The number of fused-ring (bicyclic) bond motifs is 2. The normalized spacial score (nSPS) is 25.5. The predicted octanol–water partition coefficient (Wildman–Crippen LogP) is 4.16. The average Bonchev–Trinajstić information content (AvgIpc) is 2.83. The van der Waals surface area contributed by atoms with Crippen LogP contribution in [0.4, 0.5) is 11.4 Å². The number of ether oxygens (including phenoxy) is 1. The molecule has 2 atom stereocenters. The van der Waals surface area contributed by atoms with Gasteiger partial charge in [0, 0.05) is 24.1 Å². The van der Waals surface area contributed by atoms with Crippen LogP contribution in [0.5, 0.6) is 5.75 Å². The molecule has 0 radical (unpaired) electrons. The molecule has 3 rings (SSSR count). The van der Waals surface area contributed by atoms with Crippen LogP contribution in [-0.4, -0.2) is 36.5 Å². The second kappa shape index (κ2) is 8.05. The Labute approximate surface area is 161 Å². The van der Waals surface area contributed by atoms with Crippen molar-refractivity contribution in [3.63, 3.8) is 0 Å². The molecule has 3 N–H and O–H groups in total. The highest BCUT2D eigenvalue weighted by Gasteiger charge is 2.42. The molecule has 0 spiro atoms. The van der Waals surface area contributed by atoms with E-state index in [0.717, 1.165) is 25.3 Å². The first-order valence-corrected chi connectivity index (χ1v) is 9.96. The van der Waals surface area contributed by atoms with Gasteiger partial charge in [-0.25, -0.2) is 0 Å². The van der Waals surface area contributed by atoms with Gasteiger partial charge in [0.25, 0.3) is 0 Å². The van der Waals surface area contributed by atoms with Gasteiger partial charge in [0.05, 0.1) is 23.5 Å². The van der Waals surface area contributed by atoms with Gasteiger partial charge in [-0.2, -0.15) is 0 Å². The topological polar surface area (TPSA) is 67.6 Å². The van der Waals surface area contributed by atoms with E-state index in [9.17, 15) is 4.79 Å². The van der Waals surface area contributed by atoms with Crippen LogP contribution in [0.25, 0.3) is 0 Å². The molecule has 1 aromatic rings. The number of carbonyl (C=O) groups is 1. The van der Waals surface area contributed by atoms with Gasteiger partial charge in [0.2, 0.25) is 5.91 Å². The van der Waals surface area contributed by atoms with Crippen molar-refractivity contribution < 1.29 is 9.53 Å². The van der Waals surface area contributed by atoms with Gasteiger partial charge in [0.1, 0.15) is 5.75 Å². The Morgan fingerprint density at radius 3 is 2.58 bits per heavy atom. The fraction of sp³-hybridized carbons (Fsp3) is 0.650. The fourth-order valence-corrected chi connectivity index (χ4v) is 4.49. The largest absolute Gasteiger partial charge is 0.494 e. The quantitative estimate of drug-likeness (QED) is 0.728. The summed E-state index contributed by atoms with van der Waals surface area (Å²) in [5.74, 6) is 1.36. The molecule has 26 heavy (non-hydrogen) atoms. The van der Waals surface area contributed by atoms with E-state index in [1.807, 2.05) is 0 Å². The molecule has 144 valence electrons. The molecule has 2 heterocycles. The number of rotatable bonds is 6. The molecule has 2 aliphatic heterocycles. The van der Waals surface area contributed by atoms with Crippen LogP contribution in [0.15, 0.2) is 12.1 Å². The Hall–Kier alpha value is -1.46. The lowest BCUT2D eigenvalue weighted by molar-refractivity contribution is -0.122. The first-order valence-electron chi connectivity index (χ1n) is 9.58. The lowest BCUT2D eigenvalue weighted by Crippen LogP contribution is -2.46. The number of piperidine rings is 1. The first-order chi connectivity index (χ1) is 12.4. The summed E-state index contributed by atoms with van der Waals surface area (Å²) >= 11 is 6.11. The van der Waals surface area contributed by atoms with Crippen LogP contribution in [-0.2, 0) is 4.79 Å². The van der Waals surface area contributed by atoms with E-state index in [1.165, 1.54) is 19.3 Å². The minimum atomic E-state index is 0.0452. The highest BCUT2D eigenvalue weighted by atomic mass is 35.5. The van der Waals surface area contributed by atoms with Crippen molar-refractivity contribution in [3.05, 3.63) is 17.2 Å². The summed E-state index contributed by atoms with van der Waals surface area (Å²) in [7, 11) is 1.56. The number of methoxy groups -OCH3 is 1. The van der Waals surface area contributed by atoms with Crippen LogP contribution >= 0.6 is 11.6 Å². The number of nitrogens with zero attached hydrogens (tertiary/aromatic N) is 1. The lowest BCUT2D eigenvalue weighted by atomic mass is 9.89. The Morgan fingerprint density at radius 1 is 1.35 bits per heavy atom. The van der Waals surface area contributed by atoms with Gasteiger partial charge < -0.3 is 15.8 Å². The van der Waals surface area contributed by atoms with E-state index < -0.39 is 0 Å². The van der Waals surface area contributed by atoms with E-state index in [2.05, 4.69) is 24.1 Å². The van der Waals surface area contributed by atoms with Gasteiger partial charge in [0.15, 0.2) is 0 Å². The van der Waals surface area contributed by atoms with Crippen LogP contribution < -0.4 is 15.8 Å². The molecule has 0 saturated carbocycles. The average molecular weight is 380 g/mol. The molecule has 0 aliphatic carbocycles. The Kier molecular flexibility index (Phi) is 5.98. The number of anilines is 2. The summed E-state index contributed by atoms with van der Waals surface area (Å²) in [5.41, 5.74) is 6.85. The zero-order valence-electron chi connectivity index (χ0n) is 15.9. The van der Waals surface area contributed by atoms with Crippen LogP contribution in [0, 0.1) is 11.8 Å². The summed E-state index contributed by atoms with van der Waals surface area (Å²) in [4.78, 5) is 15.5. The van der Waals surface area contributed by atoms with E-state index in [0.29, 0.717) is 34.2 Å². The third-order valence-electron chi connectivity index (χ3n) is 5.80. The number of nitrogens with one attached hydrogen (secondary N) is 1. The van der Waals surface area contributed by atoms with Crippen molar-refractivity contribution >= 4 is 28.9 Å². The highest BCUT2D eigenvalue weighted by Crippen LogP contribution is 2.40. The number of nitrogen functional groups attached to an aromatic ring is 1. The second-order valence-electron chi connectivity index (χ2n) is 8.04. The molecular formula is C20H30ClN3O2. The summed E-state index contributed by atoms with van der Waals surface area (Å²) < 4.78 is 5.33. The first kappa shape index (κ1) is 19.3. The minimum absolute atomic E-state index is 0.0452. The number of hydrogen-bond donors (Lipinski definition) is 2. The van der Waals surface area contributed by atoms with Crippen molar-refractivity contribution in [1.82, 2.24) is 4.90 Å². The molecule has 2 bridgehead atoms. The molecule has 5 nitrogen and oxygen atoms in total. The molecule has 2 unspecified atom stereocenters. The molecule has 0 aromatic heterocycles. The van der Waals surface area contributed by atoms with Gasteiger partial charge in [-0.1, -0.05) is 25.4 Å². The van der Waals surface area contributed by atoms with E-state index >= 15 is 0 Å². The zero-order valence-corrected chi connectivity index (χ0v) is 16.7. The predicted molar refractivity (Wildman–Crippen MR) is 107 cm³/mol. The van der Waals surface area contributed by atoms with Crippen LogP contribution in [0.3, 0.4) is 0 Å². The van der Waals surface area contributed by atoms with Crippen LogP contribution in [0.2, 0.25) is 5.02 Å². The third kappa shape index (κ3) is 4.09. The molecule has 6 heteroatoms. The summed E-state index contributed by atoms with van der Waals surface area (Å²) in [5, 5.41) is 3.43. The van der Waals surface area contributed by atoms with Crippen molar-refractivity contribution in [2.75, 3.05) is 24.7 Å². The van der Waals surface area contributed by atoms with E-state index in [1.54, 1.807) is 19.2 Å². The van der Waals surface area contributed by atoms with Crippen LogP contribution in [0.1, 0.15) is 46.0 Å². The van der Waals surface area contributed by atoms with Gasteiger partial charge in [-0.3, -0.25) is 9.69 Å². The Balaban J connectivity index is 1.65. The number of hydrogen-bond acceptors (Lipinski definition) is 4. The number of nitrogens with two attached hydrogens (primary N) is 1. The molecule has 2 saturated heterocycles. The maximum absolute atomic E-state index is 12.9. The maximum Gasteiger partial charge on any atom is 0.227 e. The number of halogens is 1. The molecular weight excluding hydrogens is 350 g/mol. The number of amides is 1. The molecule has 1 aromatic carbocycles. The Bertz CT molecular complexity index is 651. The summed E-state index contributed by atoms with van der Waals surface area (Å²) in [6.07, 6.45) is 5.52. The van der Waals surface area contributed by atoms with Gasteiger partial charge in [-0.15, -0.1) is 0 Å². The maximum atomic E-state index is 12.9. The zero-order chi connectivity index (χ0) is 18.8. The number of carbonyl (C=O) groups excluding carboxylic acids is 1. The third-order valence-corrected chi connectivity index (χ3v) is 6.12. The van der Waals surface area contributed by atoms with Gasteiger partial charge in [-0.05, 0) is 50.6 Å². The van der Waals surface area contributed by atoms with Crippen molar-refractivity contribution in [2.24, 2.45) is 11.8 Å². The minimum Gasteiger partial charge on any atom is -0.494 e. The van der Waals surface area contributed by atoms with Gasteiger partial charge >= 0.3 is 0 Å². The van der Waals surface area contributed by atoms with Crippen molar-refractivity contribution in [2.45, 2.75) is 58.0 Å². The monoisotopic (exact) mass is 379 g/mol. The summed E-state index contributed by atoms with van der Waals surface area (Å²) in [6, 6.07) is 4.40. The number of benzene rings is 1.